The number of benzene rings is 2. The molecule has 1 aromatic heterocycles. The molecule has 8 heteroatoms. The molecule has 0 aliphatic rings. The van der Waals surface area contributed by atoms with Crippen LogP contribution in [0.4, 0.5) is 4.39 Å². The summed E-state index contributed by atoms with van der Waals surface area (Å²) in [4.78, 5) is 12.4. The first kappa shape index (κ1) is 18.4. The van der Waals surface area contributed by atoms with Crippen LogP contribution in [0.3, 0.4) is 0 Å². The van der Waals surface area contributed by atoms with Crippen LogP contribution >= 0.6 is 23.4 Å². The number of halogens is 2. The molecule has 0 spiro atoms. The summed E-state index contributed by atoms with van der Waals surface area (Å²) < 4.78 is 20.7. The number of ketones is 1. The zero-order valence-corrected chi connectivity index (χ0v) is 15.6. The molecule has 0 radical (unpaired) electrons. The molecule has 0 N–H and O–H groups in total. The maximum Gasteiger partial charge on any atom is 0.191 e. The van der Waals surface area contributed by atoms with E-state index in [1.54, 1.807) is 48.0 Å². The van der Waals surface area contributed by atoms with Gasteiger partial charge < -0.3 is 9.30 Å². The summed E-state index contributed by atoms with van der Waals surface area (Å²) in [6.07, 6.45) is 0. The highest BCUT2D eigenvalue weighted by Gasteiger charge is 2.16. The van der Waals surface area contributed by atoms with Gasteiger partial charge in [-0.15, -0.1) is 10.2 Å². The lowest BCUT2D eigenvalue weighted by molar-refractivity contribution is 0.102. The number of hydrogen-bond acceptors (Lipinski definition) is 5. The molecule has 2 aromatic carbocycles. The number of Topliss-reactive ketones (excluding diaryl/α,β-unsaturated/α-hetero) is 1. The fourth-order valence-electron chi connectivity index (χ4n) is 2.37. The molecule has 0 atom stereocenters. The van der Waals surface area contributed by atoms with E-state index >= 15 is 0 Å². The SMILES string of the molecule is COc1ccc(C(=O)CSc2nnc(-c3ccccc3F)n2C)cc1Cl. The number of ether oxygens (including phenoxy) is 1. The molecule has 0 aliphatic heterocycles. The molecule has 0 amide bonds. The predicted octanol–water partition coefficient (Wildman–Crippen LogP) is 4.26. The third-order valence-electron chi connectivity index (χ3n) is 3.76. The van der Waals surface area contributed by atoms with Crippen molar-refractivity contribution in [3.63, 3.8) is 0 Å². The van der Waals surface area contributed by atoms with E-state index in [-0.39, 0.29) is 17.4 Å². The van der Waals surface area contributed by atoms with E-state index in [1.807, 2.05) is 0 Å². The number of nitrogens with zero attached hydrogens (tertiary/aromatic N) is 3. The molecule has 3 aromatic rings. The Bertz CT molecular complexity index is 961. The monoisotopic (exact) mass is 391 g/mol. The number of rotatable bonds is 6. The number of methoxy groups -OCH3 is 1. The zero-order chi connectivity index (χ0) is 18.7. The van der Waals surface area contributed by atoms with Crippen LogP contribution in [0.2, 0.25) is 5.02 Å². The van der Waals surface area contributed by atoms with Gasteiger partial charge in [-0.1, -0.05) is 35.5 Å². The van der Waals surface area contributed by atoms with Crippen molar-refractivity contribution in [2.45, 2.75) is 5.16 Å². The molecule has 0 aliphatic carbocycles. The van der Waals surface area contributed by atoms with Gasteiger partial charge in [0.25, 0.3) is 0 Å². The zero-order valence-electron chi connectivity index (χ0n) is 14.1. The van der Waals surface area contributed by atoms with Gasteiger partial charge in [0.05, 0.1) is 23.4 Å². The topological polar surface area (TPSA) is 57.0 Å². The summed E-state index contributed by atoms with van der Waals surface area (Å²) in [6, 6.07) is 11.2. The molecule has 0 bridgehead atoms. The van der Waals surface area contributed by atoms with E-state index in [1.165, 1.54) is 24.9 Å². The Kier molecular flexibility index (Phi) is 5.58. The van der Waals surface area contributed by atoms with Crippen molar-refractivity contribution in [3.8, 4) is 17.1 Å². The summed E-state index contributed by atoms with van der Waals surface area (Å²) in [7, 11) is 3.25. The van der Waals surface area contributed by atoms with E-state index in [4.69, 9.17) is 16.3 Å². The first-order valence-electron chi connectivity index (χ1n) is 7.65. The minimum atomic E-state index is -0.372. The summed E-state index contributed by atoms with van der Waals surface area (Å²) in [6.45, 7) is 0. The molecule has 0 unspecified atom stereocenters. The standard InChI is InChI=1S/C18H15ClFN3O2S/c1-23-17(12-5-3-4-6-14(12)20)21-22-18(23)26-10-15(24)11-7-8-16(25-2)13(19)9-11/h3-9H,10H2,1-2H3. The van der Waals surface area contributed by atoms with Crippen molar-refractivity contribution in [1.29, 1.82) is 0 Å². The van der Waals surface area contributed by atoms with Crippen LogP contribution in [-0.4, -0.2) is 33.4 Å². The van der Waals surface area contributed by atoms with Crippen LogP contribution in [-0.2, 0) is 7.05 Å². The molecule has 0 saturated heterocycles. The van der Waals surface area contributed by atoms with Gasteiger partial charge in [0.15, 0.2) is 16.8 Å². The number of carbonyl (C=O) groups excluding carboxylic acids is 1. The lowest BCUT2D eigenvalue weighted by Crippen LogP contribution is -2.04. The van der Waals surface area contributed by atoms with Crippen LogP contribution < -0.4 is 4.74 Å². The van der Waals surface area contributed by atoms with Gasteiger partial charge in [0.1, 0.15) is 11.6 Å². The molecule has 0 saturated carbocycles. The van der Waals surface area contributed by atoms with Crippen LogP contribution in [0.5, 0.6) is 5.75 Å². The first-order valence-corrected chi connectivity index (χ1v) is 9.01. The van der Waals surface area contributed by atoms with Gasteiger partial charge in [-0.3, -0.25) is 4.79 Å². The largest absolute Gasteiger partial charge is 0.495 e. The molecule has 134 valence electrons. The Morgan fingerprint density at radius 3 is 2.73 bits per heavy atom. The van der Waals surface area contributed by atoms with Crippen molar-refractivity contribution < 1.29 is 13.9 Å². The number of thioether (sulfide) groups is 1. The second kappa shape index (κ2) is 7.88. The Morgan fingerprint density at radius 2 is 2.04 bits per heavy atom. The van der Waals surface area contributed by atoms with E-state index in [9.17, 15) is 9.18 Å². The molecule has 3 rings (SSSR count). The first-order chi connectivity index (χ1) is 12.5. The average molecular weight is 392 g/mol. The van der Waals surface area contributed by atoms with Gasteiger partial charge in [0, 0.05) is 12.6 Å². The maximum atomic E-state index is 13.9. The summed E-state index contributed by atoms with van der Waals surface area (Å²) in [5, 5.41) is 9.00. The second-order valence-electron chi connectivity index (χ2n) is 5.41. The minimum absolute atomic E-state index is 0.102. The van der Waals surface area contributed by atoms with Crippen LogP contribution in [0, 0.1) is 5.82 Å². The molecule has 0 fully saturated rings. The van der Waals surface area contributed by atoms with Crippen molar-refractivity contribution >= 4 is 29.1 Å². The normalized spacial score (nSPS) is 10.8. The molecular formula is C18H15ClFN3O2S. The van der Waals surface area contributed by atoms with Crippen LogP contribution in [0.15, 0.2) is 47.6 Å². The van der Waals surface area contributed by atoms with E-state index in [2.05, 4.69) is 10.2 Å². The second-order valence-corrected chi connectivity index (χ2v) is 6.76. The van der Waals surface area contributed by atoms with E-state index in [0.29, 0.717) is 32.9 Å². The predicted molar refractivity (Wildman–Crippen MR) is 99.5 cm³/mol. The third kappa shape index (κ3) is 3.73. The van der Waals surface area contributed by atoms with E-state index < -0.39 is 0 Å². The smallest absolute Gasteiger partial charge is 0.191 e. The highest BCUT2D eigenvalue weighted by molar-refractivity contribution is 7.99. The highest BCUT2D eigenvalue weighted by atomic mass is 35.5. The summed E-state index contributed by atoms with van der Waals surface area (Å²) in [5.41, 5.74) is 0.849. The number of hydrogen-bond donors (Lipinski definition) is 0. The van der Waals surface area contributed by atoms with Crippen LogP contribution in [0.25, 0.3) is 11.4 Å². The highest BCUT2D eigenvalue weighted by Crippen LogP contribution is 2.27. The van der Waals surface area contributed by atoms with Crippen molar-refractivity contribution in [3.05, 3.63) is 58.9 Å². The maximum absolute atomic E-state index is 13.9. The Hall–Kier alpha value is -2.38. The number of carbonyl (C=O) groups is 1. The van der Waals surface area contributed by atoms with Gasteiger partial charge in [-0.05, 0) is 30.3 Å². The van der Waals surface area contributed by atoms with Crippen molar-refractivity contribution in [2.75, 3.05) is 12.9 Å². The van der Waals surface area contributed by atoms with Crippen molar-refractivity contribution in [2.24, 2.45) is 7.05 Å². The lowest BCUT2D eigenvalue weighted by Gasteiger charge is -2.06. The quantitative estimate of drug-likeness (QED) is 0.464. The fraction of sp³-hybridized carbons (Fsp3) is 0.167. The fourth-order valence-corrected chi connectivity index (χ4v) is 3.43. The van der Waals surface area contributed by atoms with Gasteiger partial charge >= 0.3 is 0 Å². The Balaban J connectivity index is 1.74. The van der Waals surface area contributed by atoms with Gasteiger partial charge in [-0.25, -0.2) is 4.39 Å². The average Bonchev–Trinajstić information content (AvgIpc) is 3.00. The third-order valence-corrected chi connectivity index (χ3v) is 5.07. The van der Waals surface area contributed by atoms with Gasteiger partial charge in [0.2, 0.25) is 0 Å². The Labute approximate surface area is 159 Å². The van der Waals surface area contributed by atoms with Crippen LogP contribution in [0.1, 0.15) is 10.4 Å². The Morgan fingerprint density at radius 1 is 1.27 bits per heavy atom. The summed E-state index contributed by atoms with van der Waals surface area (Å²) >= 11 is 7.29. The van der Waals surface area contributed by atoms with E-state index in [0.717, 1.165) is 0 Å². The molecular weight excluding hydrogens is 377 g/mol. The minimum Gasteiger partial charge on any atom is -0.495 e. The number of aromatic nitrogens is 3. The van der Waals surface area contributed by atoms with Crippen molar-refractivity contribution in [1.82, 2.24) is 14.8 Å². The summed E-state index contributed by atoms with van der Waals surface area (Å²) in [5.74, 6) is 0.606. The molecule has 26 heavy (non-hydrogen) atoms. The molecule has 5 nitrogen and oxygen atoms in total. The van der Waals surface area contributed by atoms with Gasteiger partial charge in [-0.2, -0.15) is 0 Å². The lowest BCUT2D eigenvalue weighted by atomic mass is 10.1. The molecule has 1 heterocycles.